The lowest BCUT2D eigenvalue weighted by Gasteiger charge is -2.34. The first-order valence-electron chi connectivity index (χ1n) is 8.92. The van der Waals surface area contributed by atoms with Gasteiger partial charge in [-0.05, 0) is 57.0 Å². The van der Waals surface area contributed by atoms with Gasteiger partial charge in [-0.1, -0.05) is 0 Å². The fourth-order valence-corrected chi connectivity index (χ4v) is 3.53. The molecule has 0 saturated carbocycles. The van der Waals surface area contributed by atoms with E-state index in [2.05, 4.69) is 22.2 Å². The molecule has 7 heteroatoms. The van der Waals surface area contributed by atoms with E-state index in [-0.39, 0.29) is 17.6 Å². The average Bonchev–Trinajstić information content (AvgIpc) is 3.03. The van der Waals surface area contributed by atoms with Gasteiger partial charge in [-0.3, -0.25) is 9.69 Å². The van der Waals surface area contributed by atoms with E-state index in [9.17, 15) is 13.6 Å². The van der Waals surface area contributed by atoms with Gasteiger partial charge >= 0.3 is 0 Å². The van der Waals surface area contributed by atoms with Crippen molar-refractivity contribution in [2.45, 2.75) is 39.3 Å². The second-order valence-corrected chi connectivity index (χ2v) is 6.95. The van der Waals surface area contributed by atoms with Crippen LogP contribution in [0.4, 0.5) is 8.78 Å². The molecule has 1 saturated heterocycles. The van der Waals surface area contributed by atoms with Crippen molar-refractivity contribution in [1.82, 2.24) is 20.0 Å². The molecule has 1 amide bonds. The maximum Gasteiger partial charge on any atom is 0.217 e. The molecule has 2 aromatic rings. The van der Waals surface area contributed by atoms with Gasteiger partial charge in [0, 0.05) is 31.8 Å². The molecule has 1 aromatic carbocycles. The highest BCUT2D eigenvalue weighted by Gasteiger charge is 2.24. The summed E-state index contributed by atoms with van der Waals surface area (Å²) >= 11 is 0. The second-order valence-electron chi connectivity index (χ2n) is 6.95. The minimum Gasteiger partial charge on any atom is -0.354 e. The van der Waals surface area contributed by atoms with Crippen molar-refractivity contribution in [3.05, 3.63) is 47.8 Å². The maximum absolute atomic E-state index is 13.9. The number of nitrogens with zero attached hydrogens (tertiary/aromatic N) is 3. The van der Waals surface area contributed by atoms with E-state index in [0.717, 1.165) is 37.7 Å². The maximum atomic E-state index is 13.9. The first-order valence-corrected chi connectivity index (χ1v) is 8.92. The zero-order valence-electron chi connectivity index (χ0n) is 15.1. The molecule has 1 fully saturated rings. The fraction of sp³-hybridized carbons (Fsp3) is 0.474. The van der Waals surface area contributed by atoms with Gasteiger partial charge < -0.3 is 5.32 Å². The highest BCUT2D eigenvalue weighted by Crippen LogP contribution is 2.22. The van der Waals surface area contributed by atoms with E-state index in [4.69, 9.17) is 0 Å². The summed E-state index contributed by atoms with van der Waals surface area (Å²) in [5.41, 5.74) is 1.09. The molecule has 1 aliphatic heterocycles. The zero-order valence-corrected chi connectivity index (χ0v) is 15.1. The Morgan fingerprint density at radius 3 is 2.69 bits per heavy atom. The molecule has 0 bridgehead atoms. The summed E-state index contributed by atoms with van der Waals surface area (Å²) in [7, 11) is 0. The highest BCUT2D eigenvalue weighted by molar-refractivity contribution is 5.73. The molecule has 1 aliphatic rings. The Labute approximate surface area is 152 Å². The van der Waals surface area contributed by atoms with Crippen molar-refractivity contribution in [3.8, 4) is 5.69 Å². The van der Waals surface area contributed by atoms with Gasteiger partial charge in [-0.15, -0.1) is 0 Å². The van der Waals surface area contributed by atoms with Gasteiger partial charge in [-0.2, -0.15) is 5.10 Å². The summed E-state index contributed by atoms with van der Waals surface area (Å²) in [6.07, 6.45) is 3.74. The predicted molar refractivity (Wildman–Crippen MR) is 94.8 cm³/mol. The van der Waals surface area contributed by atoms with Crippen LogP contribution in [0.25, 0.3) is 5.69 Å². The van der Waals surface area contributed by atoms with Crippen molar-refractivity contribution in [2.75, 3.05) is 13.1 Å². The highest BCUT2D eigenvalue weighted by atomic mass is 19.1. The van der Waals surface area contributed by atoms with Gasteiger partial charge in [0.2, 0.25) is 5.91 Å². The number of aromatic nitrogens is 2. The first-order chi connectivity index (χ1) is 12.4. The molecule has 0 spiro atoms. The number of hydrogen-bond acceptors (Lipinski definition) is 3. The summed E-state index contributed by atoms with van der Waals surface area (Å²) in [6, 6.07) is 5.51. The number of rotatable bonds is 5. The molecule has 140 valence electrons. The number of piperidine rings is 1. The van der Waals surface area contributed by atoms with Gasteiger partial charge in [0.25, 0.3) is 0 Å². The number of benzene rings is 1. The standard InChI is InChI=1S/C19H24F2N4O/c1-13(22-14(2)26)15-5-8-24(9-6-15)12-17-7-10-25(23-17)19-4-3-16(20)11-18(19)21/h3-4,7,10-11,13,15H,5-6,8-9,12H2,1-2H3,(H,22,26)/t13-/m1/s1. The van der Waals surface area contributed by atoms with E-state index in [0.29, 0.717) is 12.5 Å². The Kier molecular flexibility index (Phi) is 5.66. The van der Waals surface area contributed by atoms with Crippen molar-refractivity contribution in [3.63, 3.8) is 0 Å². The van der Waals surface area contributed by atoms with Gasteiger partial charge in [0.1, 0.15) is 11.5 Å². The third-order valence-electron chi connectivity index (χ3n) is 4.96. The van der Waals surface area contributed by atoms with Crippen LogP contribution < -0.4 is 5.32 Å². The first kappa shape index (κ1) is 18.5. The molecule has 0 unspecified atom stereocenters. The monoisotopic (exact) mass is 362 g/mol. The minimum absolute atomic E-state index is 0.0125. The van der Waals surface area contributed by atoms with Crippen molar-refractivity contribution >= 4 is 5.91 Å². The van der Waals surface area contributed by atoms with Gasteiger partial charge in [-0.25, -0.2) is 13.5 Å². The van der Waals surface area contributed by atoms with Crippen LogP contribution in [0.3, 0.4) is 0 Å². The number of carbonyl (C=O) groups is 1. The fourth-order valence-electron chi connectivity index (χ4n) is 3.53. The summed E-state index contributed by atoms with van der Waals surface area (Å²) in [5.74, 6) is -0.734. The third kappa shape index (κ3) is 4.46. The SMILES string of the molecule is CC(=O)N[C@H](C)C1CCN(Cc2ccn(-c3ccc(F)cc3F)n2)CC1. The van der Waals surface area contributed by atoms with Crippen LogP contribution in [0.15, 0.2) is 30.5 Å². The van der Waals surface area contributed by atoms with Crippen molar-refractivity contribution in [2.24, 2.45) is 5.92 Å². The molecular formula is C19H24F2N4O. The topological polar surface area (TPSA) is 50.2 Å². The molecule has 26 heavy (non-hydrogen) atoms. The van der Waals surface area contributed by atoms with Crippen molar-refractivity contribution < 1.29 is 13.6 Å². The predicted octanol–water partition coefficient (Wildman–Crippen LogP) is 2.89. The number of nitrogens with one attached hydrogen (secondary N) is 1. The Bertz CT molecular complexity index is 769. The largest absolute Gasteiger partial charge is 0.354 e. The van der Waals surface area contributed by atoms with E-state index in [1.807, 2.05) is 6.07 Å². The Morgan fingerprint density at radius 2 is 2.04 bits per heavy atom. The number of hydrogen-bond donors (Lipinski definition) is 1. The van der Waals surface area contributed by atoms with E-state index in [1.54, 1.807) is 13.1 Å². The quantitative estimate of drug-likeness (QED) is 0.890. The van der Waals surface area contributed by atoms with Crippen LogP contribution in [0.2, 0.25) is 0 Å². The van der Waals surface area contributed by atoms with E-state index >= 15 is 0 Å². The molecule has 3 rings (SSSR count). The molecule has 1 N–H and O–H groups in total. The summed E-state index contributed by atoms with van der Waals surface area (Å²) in [4.78, 5) is 13.5. The third-order valence-corrected chi connectivity index (χ3v) is 4.96. The van der Waals surface area contributed by atoms with Crippen molar-refractivity contribution in [1.29, 1.82) is 0 Å². The summed E-state index contributed by atoms with van der Waals surface area (Å²) in [5, 5.41) is 7.39. The number of halogens is 2. The molecule has 5 nitrogen and oxygen atoms in total. The van der Waals surface area contributed by atoms with Crippen LogP contribution in [-0.4, -0.2) is 39.7 Å². The Hall–Kier alpha value is -2.28. The lowest BCUT2D eigenvalue weighted by atomic mass is 9.90. The smallest absolute Gasteiger partial charge is 0.217 e. The zero-order chi connectivity index (χ0) is 18.7. The molecule has 0 aliphatic carbocycles. The van der Waals surface area contributed by atoms with Crippen LogP contribution in [0.5, 0.6) is 0 Å². The lowest BCUT2D eigenvalue weighted by Crippen LogP contribution is -2.43. The molecule has 2 heterocycles. The average molecular weight is 362 g/mol. The van der Waals surface area contributed by atoms with Gasteiger partial charge in [0.05, 0.1) is 5.69 Å². The van der Waals surface area contributed by atoms with E-state index < -0.39 is 11.6 Å². The second kappa shape index (κ2) is 7.95. The number of likely N-dealkylation sites (tertiary alicyclic amines) is 1. The number of carbonyl (C=O) groups excluding carboxylic acids is 1. The molecule has 0 radical (unpaired) electrons. The summed E-state index contributed by atoms with van der Waals surface area (Å²) in [6.45, 7) is 6.17. The van der Waals surface area contributed by atoms with Crippen LogP contribution in [0.1, 0.15) is 32.4 Å². The normalized spacial score (nSPS) is 17.2. The lowest BCUT2D eigenvalue weighted by molar-refractivity contribution is -0.120. The summed E-state index contributed by atoms with van der Waals surface area (Å²) < 4.78 is 28.3. The Balaban J connectivity index is 1.56. The van der Waals surface area contributed by atoms with E-state index in [1.165, 1.54) is 16.8 Å². The molecule has 1 atom stereocenters. The number of amides is 1. The van der Waals surface area contributed by atoms with Crippen LogP contribution >= 0.6 is 0 Å². The van der Waals surface area contributed by atoms with Gasteiger partial charge in [0.15, 0.2) is 5.82 Å². The Morgan fingerprint density at radius 1 is 1.31 bits per heavy atom. The van der Waals surface area contributed by atoms with Crippen LogP contribution in [-0.2, 0) is 11.3 Å². The van der Waals surface area contributed by atoms with Crippen LogP contribution in [0, 0.1) is 17.6 Å². The molecular weight excluding hydrogens is 338 g/mol. The minimum atomic E-state index is -0.632. The molecule has 1 aromatic heterocycles.